The number of esters is 1. The minimum absolute atomic E-state index is 0.176. The highest BCUT2D eigenvalue weighted by atomic mass is 16.5. The average Bonchev–Trinajstić information content (AvgIpc) is 3.05. The molecule has 5 heteroatoms. The van der Waals surface area contributed by atoms with E-state index in [0.29, 0.717) is 18.5 Å². The molecule has 0 saturated carbocycles. The summed E-state index contributed by atoms with van der Waals surface area (Å²) in [6.07, 6.45) is 20.0. The third kappa shape index (κ3) is 9.49. The Hall–Kier alpha value is -2.82. The van der Waals surface area contributed by atoms with Gasteiger partial charge < -0.3 is 10.5 Å². The number of primary amides is 1. The van der Waals surface area contributed by atoms with Crippen LogP contribution >= 0.6 is 0 Å². The van der Waals surface area contributed by atoms with Crippen molar-refractivity contribution in [1.82, 2.24) is 0 Å². The smallest absolute Gasteiger partial charge is 0.323 e. The molecule has 1 atom stereocenters. The normalized spacial score (nSPS) is 14.4. The average molecular weight is 521 g/mol. The predicted molar refractivity (Wildman–Crippen MR) is 157 cm³/mol. The van der Waals surface area contributed by atoms with Gasteiger partial charge in [-0.25, -0.2) is 4.79 Å². The Labute approximate surface area is 230 Å². The van der Waals surface area contributed by atoms with Crippen molar-refractivity contribution in [2.45, 2.75) is 122 Å². The number of rotatable bonds is 17. The number of fused-ring (bicyclic) bond motifs is 2. The number of unbranched alkanes of at least 4 members (excludes halogenated alkanes) is 14. The Morgan fingerprint density at radius 1 is 0.737 bits per heavy atom. The van der Waals surface area contributed by atoms with Gasteiger partial charge in [-0.05, 0) is 24.1 Å². The first-order valence-electron chi connectivity index (χ1n) is 15.1. The number of ether oxygens (including phenoxy) is 1. The first-order valence-corrected chi connectivity index (χ1v) is 15.1. The highest BCUT2D eigenvalue weighted by Gasteiger charge is 2.31. The molecule has 5 nitrogen and oxygen atoms in total. The molecule has 2 aromatic carbocycles. The molecule has 0 fully saturated rings. The lowest BCUT2D eigenvalue weighted by molar-refractivity contribution is -0.149. The summed E-state index contributed by atoms with van der Waals surface area (Å²) >= 11 is 0. The van der Waals surface area contributed by atoms with Gasteiger partial charge >= 0.3 is 12.0 Å². The van der Waals surface area contributed by atoms with Gasteiger partial charge in [-0.2, -0.15) is 0 Å². The summed E-state index contributed by atoms with van der Waals surface area (Å²) in [5.41, 5.74) is 8.93. The van der Waals surface area contributed by atoms with E-state index in [1.54, 1.807) is 0 Å². The molecule has 0 saturated heterocycles. The molecule has 1 heterocycles. The van der Waals surface area contributed by atoms with Crippen LogP contribution in [-0.2, 0) is 16.0 Å². The lowest BCUT2D eigenvalue weighted by Crippen LogP contribution is -2.32. The number of nitrogens with zero attached hydrogens (tertiary/aromatic N) is 1. The van der Waals surface area contributed by atoms with Crippen LogP contribution in [0.5, 0.6) is 0 Å². The van der Waals surface area contributed by atoms with Gasteiger partial charge in [0.05, 0.1) is 11.4 Å². The van der Waals surface area contributed by atoms with Crippen molar-refractivity contribution in [3.63, 3.8) is 0 Å². The van der Waals surface area contributed by atoms with Gasteiger partial charge in [0.2, 0.25) is 0 Å². The standard InChI is InChI=1S/C33H48N2O3/c1-2-3-4-5-6-7-8-9-10-11-12-13-14-15-16-25-32(36)38-31-26-27-21-17-19-23-29(27)35(33(34)37)30-24-20-18-22-28(30)31/h17-24,31H,2-16,25-26H2,1H3,(H2,34,37). The largest absolute Gasteiger partial charge is 0.457 e. The predicted octanol–water partition coefficient (Wildman–Crippen LogP) is 9.31. The van der Waals surface area contributed by atoms with Crippen LogP contribution in [0.4, 0.5) is 16.2 Å². The van der Waals surface area contributed by atoms with Crippen molar-refractivity contribution in [3.05, 3.63) is 59.7 Å². The van der Waals surface area contributed by atoms with Crippen molar-refractivity contribution in [1.29, 1.82) is 0 Å². The maximum absolute atomic E-state index is 12.8. The number of amides is 2. The van der Waals surface area contributed by atoms with Crippen LogP contribution in [-0.4, -0.2) is 12.0 Å². The molecule has 1 aliphatic heterocycles. The van der Waals surface area contributed by atoms with E-state index in [1.165, 1.54) is 88.4 Å². The topological polar surface area (TPSA) is 72.6 Å². The number of hydrogen-bond acceptors (Lipinski definition) is 3. The Kier molecular flexibility index (Phi) is 13.2. The van der Waals surface area contributed by atoms with Gasteiger partial charge in [-0.15, -0.1) is 0 Å². The minimum atomic E-state index is -0.547. The highest BCUT2D eigenvalue weighted by molar-refractivity contribution is 6.00. The molecule has 1 aliphatic rings. The van der Waals surface area contributed by atoms with Gasteiger partial charge in [0.1, 0.15) is 6.10 Å². The van der Waals surface area contributed by atoms with E-state index in [2.05, 4.69) is 6.92 Å². The fourth-order valence-corrected chi connectivity index (χ4v) is 5.51. The molecule has 208 valence electrons. The number of urea groups is 1. The molecule has 2 aromatic rings. The number of para-hydroxylation sites is 2. The second-order valence-corrected chi connectivity index (χ2v) is 10.7. The quantitative estimate of drug-likeness (QED) is 0.167. The molecule has 0 aliphatic carbocycles. The van der Waals surface area contributed by atoms with Crippen molar-refractivity contribution in [3.8, 4) is 0 Å². The second-order valence-electron chi connectivity index (χ2n) is 10.7. The third-order valence-electron chi connectivity index (χ3n) is 7.64. The first kappa shape index (κ1) is 29.7. The van der Waals surface area contributed by atoms with Crippen molar-refractivity contribution in [2.75, 3.05) is 4.90 Å². The fourth-order valence-electron chi connectivity index (χ4n) is 5.51. The van der Waals surface area contributed by atoms with E-state index in [4.69, 9.17) is 10.5 Å². The van der Waals surface area contributed by atoms with Crippen LogP contribution < -0.4 is 10.6 Å². The maximum atomic E-state index is 12.8. The SMILES string of the molecule is CCCCCCCCCCCCCCCCCC(=O)OC1Cc2ccccc2N(C(N)=O)c2ccccc21. The van der Waals surface area contributed by atoms with E-state index in [9.17, 15) is 9.59 Å². The second kappa shape index (κ2) is 16.9. The molecule has 3 rings (SSSR count). The van der Waals surface area contributed by atoms with Crippen molar-refractivity contribution in [2.24, 2.45) is 5.73 Å². The fraction of sp³-hybridized carbons (Fsp3) is 0.576. The van der Waals surface area contributed by atoms with Gasteiger partial charge in [-0.3, -0.25) is 9.69 Å². The molecular weight excluding hydrogens is 472 g/mol. The van der Waals surface area contributed by atoms with Gasteiger partial charge in [0, 0.05) is 18.4 Å². The Morgan fingerprint density at radius 2 is 1.24 bits per heavy atom. The molecule has 38 heavy (non-hydrogen) atoms. The van der Waals surface area contributed by atoms with Crippen LogP contribution in [0, 0.1) is 0 Å². The Bertz CT molecular complexity index is 990. The van der Waals surface area contributed by atoms with E-state index < -0.39 is 12.1 Å². The van der Waals surface area contributed by atoms with Gasteiger partial charge in [0.15, 0.2) is 0 Å². The number of benzene rings is 2. The van der Waals surface area contributed by atoms with Crippen LogP contribution in [0.15, 0.2) is 48.5 Å². The molecule has 0 radical (unpaired) electrons. The molecular formula is C33H48N2O3. The maximum Gasteiger partial charge on any atom is 0.323 e. The zero-order valence-corrected chi connectivity index (χ0v) is 23.5. The number of nitrogens with two attached hydrogens (primary N) is 1. The molecule has 2 amide bonds. The van der Waals surface area contributed by atoms with Gasteiger partial charge in [-0.1, -0.05) is 133 Å². The number of anilines is 2. The van der Waals surface area contributed by atoms with Crippen LogP contribution in [0.25, 0.3) is 0 Å². The summed E-state index contributed by atoms with van der Waals surface area (Å²) in [5, 5.41) is 0. The molecule has 0 spiro atoms. The lowest BCUT2D eigenvalue weighted by Gasteiger charge is -2.23. The minimum Gasteiger partial charge on any atom is -0.457 e. The van der Waals surface area contributed by atoms with Crippen LogP contribution in [0.2, 0.25) is 0 Å². The summed E-state index contributed by atoms with van der Waals surface area (Å²) in [6.45, 7) is 2.27. The Morgan fingerprint density at radius 3 is 1.82 bits per heavy atom. The third-order valence-corrected chi connectivity index (χ3v) is 7.64. The summed E-state index contributed by atoms with van der Waals surface area (Å²) < 4.78 is 5.98. The summed E-state index contributed by atoms with van der Waals surface area (Å²) in [5.74, 6) is -0.176. The van der Waals surface area contributed by atoms with Crippen molar-refractivity contribution < 1.29 is 14.3 Å². The summed E-state index contributed by atoms with van der Waals surface area (Å²) in [6, 6.07) is 14.7. The Balaban J connectivity index is 1.34. The summed E-state index contributed by atoms with van der Waals surface area (Å²) in [4.78, 5) is 26.7. The number of hydrogen-bond donors (Lipinski definition) is 1. The van der Waals surface area contributed by atoms with E-state index in [1.807, 2.05) is 48.5 Å². The van der Waals surface area contributed by atoms with E-state index in [-0.39, 0.29) is 5.97 Å². The molecule has 2 N–H and O–H groups in total. The zero-order valence-electron chi connectivity index (χ0n) is 23.5. The summed E-state index contributed by atoms with van der Waals surface area (Å²) in [7, 11) is 0. The first-order chi connectivity index (χ1) is 18.6. The van der Waals surface area contributed by atoms with Gasteiger partial charge in [0.25, 0.3) is 0 Å². The van der Waals surface area contributed by atoms with E-state index >= 15 is 0 Å². The highest BCUT2D eigenvalue weighted by Crippen LogP contribution is 2.41. The molecule has 0 bridgehead atoms. The van der Waals surface area contributed by atoms with E-state index in [0.717, 1.165) is 29.7 Å². The lowest BCUT2D eigenvalue weighted by atomic mass is 10.0. The molecule has 1 unspecified atom stereocenters. The van der Waals surface area contributed by atoms with Crippen molar-refractivity contribution >= 4 is 23.4 Å². The zero-order chi connectivity index (χ0) is 27.0. The van der Waals surface area contributed by atoms with Crippen LogP contribution in [0.1, 0.15) is 127 Å². The number of carbonyl (C=O) groups excluding carboxylic acids is 2. The molecule has 0 aromatic heterocycles. The van der Waals surface area contributed by atoms with Crippen LogP contribution in [0.3, 0.4) is 0 Å². The monoisotopic (exact) mass is 520 g/mol. The number of carbonyl (C=O) groups is 2.